The van der Waals surface area contributed by atoms with Crippen LogP contribution in [0.3, 0.4) is 0 Å². The molecular formula is C20H24Cl2N2O2. The zero-order valence-electron chi connectivity index (χ0n) is 15.2. The quantitative estimate of drug-likeness (QED) is 0.600. The molecule has 2 amide bonds. The minimum absolute atomic E-state index is 0.127. The van der Waals surface area contributed by atoms with Crippen LogP contribution in [0.4, 0.5) is 10.5 Å². The number of ether oxygens (including phenoxy) is 1. The number of rotatable bonds is 6. The van der Waals surface area contributed by atoms with E-state index in [9.17, 15) is 4.79 Å². The van der Waals surface area contributed by atoms with Crippen LogP contribution in [0.15, 0.2) is 42.5 Å². The first-order valence-corrected chi connectivity index (χ1v) is 9.25. The Hall–Kier alpha value is -1.91. The van der Waals surface area contributed by atoms with Gasteiger partial charge >= 0.3 is 6.03 Å². The zero-order valence-corrected chi connectivity index (χ0v) is 16.7. The Labute approximate surface area is 164 Å². The number of carbonyl (C=O) groups excluding carboxylic acids is 1. The Balaban J connectivity index is 1.69. The van der Waals surface area contributed by atoms with Crippen molar-refractivity contribution in [2.45, 2.75) is 32.6 Å². The number of halogens is 2. The molecule has 0 saturated carbocycles. The van der Waals surface area contributed by atoms with E-state index in [1.807, 2.05) is 12.1 Å². The largest absolute Gasteiger partial charge is 0.494 e. The van der Waals surface area contributed by atoms with Crippen LogP contribution in [0.5, 0.6) is 5.75 Å². The summed E-state index contributed by atoms with van der Waals surface area (Å²) in [5.41, 5.74) is 1.87. The summed E-state index contributed by atoms with van der Waals surface area (Å²) >= 11 is 11.9. The average Bonchev–Trinajstić information content (AvgIpc) is 2.58. The molecule has 2 aromatic carbocycles. The van der Waals surface area contributed by atoms with E-state index in [-0.39, 0.29) is 11.4 Å². The van der Waals surface area contributed by atoms with Gasteiger partial charge in [-0.15, -0.1) is 0 Å². The van der Waals surface area contributed by atoms with Crippen LogP contribution in [0.2, 0.25) is 10.0 Å². The van der Waals surface area contributed by atoms with Crippen LogP contribution in [0.1, 0.15) is 32.8 Å². The lowest BCUT2D eigenvalue weighted by Gasteiger charge is -2.19. The van der Waals surface area contributed by atoms with Crippen molar-refractivity contribution in [2.75, 3.05) is 18.5 Å². The second-order valence-electron chi connectivity index (χ2n) is 6.96. The number of carbonyl (C=O) groups is 1. The van der Waals surface area contributed by atoms with E-state index in [2.05, 4.69) is 43.5 Å². The number of benzene rings is 2. The molecule has 0 radical (unpaired) electrons. The summed E-state index contributed by atoms with van der Waals surface area (Å²) in [5, 5.41) is 6.16. The van der Waals surface area contributed by atoms with Crippen molar-refractivity contribution < 1.29 is 9.53 Å². The smallest absolute Gasteiger partial charge is 0.319 e. The molecule has 0 heterocycles. The van der Waals surface area contributed by atoms with Crippen LogP contribution in [0, 0.1) is 0 Å². The maximum atomic E-state index is 11.9. The highest BCUT2D eigenvalue weighted by Crippen LogP contribution is 2.29. The summed E-state index contributed by atoms with van der Waals surface area (Å²) in [6.45, 7) is 7.54. The molecule has 0 saturated heterocycles. The molecule has 0 aliphatic carbocycles. The van der Waals surface area contributed by atoms with E-state index in [1.54, 1.807) is 18.2 Å². The predicted octanol–water partition coefficient (Wildman–Crippen LogP) is 5.88. The van der Waals surface area contributed by atoms with Crippen molar-refractivity contribution in [1.82, 2.24) is 5.32 Å². The fourth-order valence-corrected chi connectivity index (χ4v) is 2.63. The standard InChI is InChI=1S/C20H24Cl2N2O2/c1-20(2,3)14-8-10-15(11-9-14)26-13-5-12-23-19(25)24-17-7-4-6-16(21)18(17)22/h4,6-11H,5,12-13H2,1-3H3,(H2,23,24,25). The molecule has 140 valence electrons. The van der Waals surface area contributed by atoms with Gasteiger partial charge in [0.1, 0.15) is 5.75 Å². The third-order valence-electron chi connectivity index (χ3n) is 3.80. The van der Waals surface area contributed by atoms with Gasteiger partial charge in [0.15, 0.2) is 0 Å². The SMILES string of the molecule is CC(C)(C)c1ccc(OCCCNC(=O)Nc2cccc(Cl)c2Cl)cc1. The lowest BCUT2D eigenvalue weighted by molar-refractivity contribution is 0.250. The summed E-state index contributed by atoms with van der Waals surface area (Å²) in [4.78, 5) is 11.9. The van der Waals surface area contributed by atoms with Crippen molar-refractivity contribution in [1.29, 1.82) is 0 Å². The molecular weight excluding hydrogens is 371 g/mol. The predicted molar refractivity (Wildman–Crippen MR) is 109 cm³/mol. The summed E-state index contributed by atoms with van der Waals surface area (Å²) < 4.78 is 5.70. The first-order valence-electron chi connectivity index (χ1n) is 8.49. The van der Waals surface area contributed by atoms with Gasteiger partial charge in [0, 0.05) is 6.54 Å². The average molecular weight is 395 g/mol. The van der Waals surface area contributed by atoms with Gasteiger partial charge in [0.25, 0.3) is 0 Å². The van der Waals surface area contributed by atoms with E-state index < -0.39 is 0 Å². The molecule has 2 rings (SSSR count). The van der Waals surface area contributed by atoms with E-state index in [4.69, 9.17) is 27.9 Å². The molecule has 0 unspecified atom stereocenters. The highest BCUT2D eigenvalue weighted by Gasteiger charge is 2.13. The van der Waals surface area contributed by atoms with Gasteiger partial charge in [0.2, 0.25) is 0 Å². The molecule has 0 aliphatic rings. The molecule has 4 nitrogen and oxygen atoms in total. The first kappa shape index (κ1) is 20.4. The summed E-state index contributed by atoms with van der Waals surface area (Å²) in [6.07, 6.45) is 0.692. The lowest BCUT2D eigenvalue weighted by atomic mass is 9.87. The van der Waals surface area contributed by atoms with Gasteiger partial charge in [-0.1, -0.05) is 62.2 Å². The molecule has 0 aliphatic heterocycles. The maximum absolute atomic E-state index is 11.9. The second-order valence-corrected chi connectivity index (χ2v) is 7.74. The molecule has 2 N–H and O–H groups in total. The maximum Gasteiger partial charge on any atom is 0.319 e. The van der Waals surface area contributed by atoms with Crippen molar-refractivity contribution in [3.8, 4) is 5.75 Å². The third kappa shape index (κ3) is 6.11. The molecule has 0 bridgehead atoms. The lowest BCUT2D eigenvalue weighted by Crippen LogP contribution is -2.30. The van der Waals surface area contributed by atoms with Gasteiger partial charge in [-0.2, -0.15) is 0 Å². The van der Waals surface area contributed by atoms with Gasteiger partial charge in [0.05, 0.1) is 22.3 Å². The Morgan fingerprint density at radius 2 is 1.77 bits per heavy atom. The molecule has 0 fully saturated rings. The number of nitrogens with one attached hydrogen (secondary N) is 2. The Morgan fingerprint density at radius 3 is 2.42 bits per heavy atom. The van der Waals surface area contributed by atoms with Crippen molar-refractivity contribution in [3.63, 3.8) is 0 Å². The monoisotopic (exact) mass is 394 g/mol. The summed E-state index contributed by atoms with van der Waals surface area (Å²) in [7, 11) is 0. The summed E-state index contributed by atoms with van der Waals surface area (Å²) in [5.74, 6) is 0.827. The molecule has 0 aromatic heterocycles. The molecule has 0 atom stereocenters. The van der Waals surface area contributed by atoms with Crippen LogP contribution in [-0.2, 0) is 5.41 Å². The van der Waals surface area contributed by atoms with Crippen LogP contribution < -0.4 is 15.4 Å². The van der Waals surface area contributed by atoms with Gasteiger partial charge in [-0.05, 0) is 41.7 Å². The minimum Gasteiger partial charge on any atom is -0.494 e. The molecule has 0 spiro atoms. The number of amides is 2. The van der Waals surface area contributed by atoms with Crippen molar-refractivity contribution in [3.05, 3.63) is 58.1 Å². The highest BCUT2D eigenvalue weighted by atomic mass is 35.5. The number of hydrogen-bond donors (Lipinski definition) is 2. The number of urea groups is 1. The van der Waals surface area contributed by atoms with E-state index in [0.717, 1.165) is 5.75 Å². The van der Waals surface area contributed by atoms with E-state index in [0.29, 0.717) is 35.3 Å². The van der Waals surface area contributed by atoms with Gasteiger partial charge < -0.3 is 15.4 Å². The fourth-order valence-electron chi connectivity index (χ4n) is 2.28. The first-order chi connectivity index (χ1) is 12.3. The van der Waals surface area contributed by atoms with Gasteiger partial charge in [-0.25, -0.2) is 4.79 Å². The molecule has 26 heavy (non-hydrogen) atoms. The number of hydrogen-bond acceptors (Lipinski definition) is 2. The molecule has 6 heteroatoms. The highest BCUT2D eigenvalue weighted by molar-refractivity contribution is 6.43. The number of anilines is 1. The fraction of sp³-hybridized carbons (Fsp3) is 0.350. The van der Waals surface area contributed by atoms with Crippen LogP contribution in [0.25, 0.3) is 0 Å². The van der Waals surface area contributed by atoms with Crippen molar-refractivity contribution >= 4 is 34.9 Å². The molecule has 2 aromatic rings. The van der Waals surface area contributed by atoms with Gasteiger partial charge in [-0.3, -0.25) is 0 Å². The van der Waals surface area contributed by atoms with Crippen LogP contribution in [-0.4, -0.2) is 19.2 Å². The van der Waals surface area contributed by atoms with E-state index in [1.165, 1.54) is 5.56 Å². The van der Waals surface area contributed by atoms with Crippen molar-refractivity contribution in [2.24, 2.45) is 0 Å². The summed E-state index contributed by atoms with van der Waals surface area (Å²) in [6, 6.07) is 12.9. The van der Waals surface area contributed by atoms with E-state index >= 15 is 0 Å². The minimum atomic E-state index is -0.330. The Kier molecular flexibility index (Phi) is 7.18. The van der Waals surface area contributed by atoms with Crippen LogP contribution >= 0.6 is 23.2 Å². The normalized spacial score (nSPS) is 11.1. The zero-order chi connectivity index (χ0) is 19.2. The topological polar surface area (TPSA) is 50.4 Å². The third-order valence-corrected chi connectivity index (χ3v) is 4.61. The Morgan fingerprint density at radius 1 is 1.08 bits per heavy atom. The Bertz CT molecular complexity index is 740. The second kappa shape index (κ2) is 9.15.